The number of aromatic nitrogens is 1. The van der Waals surface area contributed by atoms with Gasteiger partial charge in [-0.2, -0.15) is 0 Å². The van der Waals surface area contributed by atoms with Crippen LogP contribution in [0.15, 0.2) is 28.7 Å². The lowest BCUT2D eigenvalue weighted by Gasteiger charge is -2.34. The third kappa shape index (κ3) is 2.96. The third-order valence-corrected chi connectivity index (χ3v) is 4.48. The van der Waals surface area contributed by atoms with Crippen LogP contribution in [0.1, 0.15) is 24.7 Å². The van der Waals surface area contributed by atoms with E-state index < -0.39 is 6.10 Å². The van der Waals surface area contributed by atoms with E-state index in [1.807, 2.05) is 29.2 Å². The van der Waals surface area contributed by atoms with Crippen LogP contribution >= 0.6 is 0 Å². The summed E-state index contributed by atoms with van der Waals surface area (Å²) in [5, 5.41) is 0. The average molecular weight is 316 g/mol. The largest absolute Gasteiger partial charge is 0.440 e. The van der Waals surface area contributed by atoms with Crippen LogP contribution < -0.4 is 0 Å². The molecule has 1 aromatic carbocycles. The van der Waals surface area contributed by atoms with Gasteiger partial charge in [-0.1, -0.05) is 12.1 Å². The molecule has 4 rings (SSSR count). The molecule has 0 aliphatic carbocycles. The van der Waals surface area contributed by atoms with Crippen molar-refractivity contribution in [3.8, 4) is 0 Å². The van der Waals surface area contributed by atoms with Gasteiger partial charge >= 0.3 is 0 Å². The molecular formula is C17H20N2O4. The summed E-state index contributed by atoms with van der Waals surface area (Å²) in [6, 6.07) is 7.76. The molecule has 2 aliphatic heterocycles. The van der Waals surface area contributed by atoms with Gasteiger partial charge in [-0.3, -0.25) is 4.79 Å². The highest BCUT2D eigenvalue weighted by Crippen LogP contribution is 2.29. The SMILES string of the molecule is O=C([C@H]1COCCO1)N1CCC[C@@H](c2nc3ccccc3o2)C1. The van der Waals surface area contributed by atoms with Crippen molar-refractivity contribution in [1.29, 1.82) is 0 Å². The van der Waals surface area contributed by atoms with Crippen molar-refractivity contribution in [1.82, 2.24) is 9.88 Å². The van der Waals surface area contributed by atoms with Crippen LogP contribution in [0.4, 0.5) is 0 Å². The zero-order valence-electron chi connectivity index (χ0n) is 12.9. The lowest BCUT2D eigenvalue weighted by atomic mass is 9.97. The van der Waals surface area contributed by atoms with Gasteiger partial charge in [0.05, 0.1) is 25.7 Å². The Morgan fingerprint density at radius 3 is 3.00 bits per heavy atom. The van der Waals surface area contributed by atoms with Crippen molar-refractivity contribution in [3.63, 3.8) is 0 Å². The topological polar surface area (TPSA) is 64.8 Å². The lowest BCUT2D eigenvalue weighted by molar-refractivity contribution is -0.159. The van der Waals surface area contributed by atoms with Crippen molar-refractivity contribution >= 4 is 17.0 Å². The molecule has 122 valence electrons. The van der Waals surface area contributed by atoms with Crippen molar-refractivity contribution in [2.45, 2.75) is 24.9 Å². The molecule has 1 aromatic heterocycles. The minimum atomic E-state index is -0.467. The van der Waals surface area contributed by atoms with Crippen molar-refractivity contribution in [2.75, 3.05) is 32.9 Å². The van der Waals surface area contributed by atoms with Gasteiger partial charge in [0.15, 0.2) is 17.6 Å². The van der Waals surface area contributed by atoms with E-state index in [9.17, 15) is 4.79 Å². The number of fused-ring (bicyclic) bond motifs is 1. The number of amides is 1. The Labute approximate surface area is 134 Å². The van der Waals surface area contributed by atoms with Crippen LogP contribution in [0.5, 0.6) is 0 Å². The first-order chi connectivity index (χ1) is 11.3. The normalized spacial score (nSPS) is 25.7. The number of benzene rings is 1. The fourth-order valence-corrected chi connectivity index (χ4v) is 3.28. The summed E-state index contributed by atoms with van der Waals surface area (Å²) >= 11 is 0. The van der Waals surface area contributed by atoms with E-state index >= 15 is 0 Å². The summed E-state index contributed by atoms with van der Waals surface area (Å²) in [5.41, 5.74) is 1.67. The van der Waals surface area contributed by atoms with E-state index in [1.54, 1.807) is 0 Å². The predicted molar refractivity (Wildman–Crippen MR) is 83.1 cm³/mol. The number of carbonyl (C=O) groups excluding carboxylic acids is 1. The minimum absolute atomic E-state index is 0.0190. The second-order valence-corrected chi connectivity index (χ2v) is 6.08. The summed E-state index contributed by atoms with van der Waals surface area (Å²) in [4.78, 5) is 19.0. The number of carbonyl (C=O) groups is 1. The summed E-state index contributed by atoms with van der Waals surface area (Å²) < 4.78 is 16.7. The molecule has 1 amide bonds. The maximum Gasteiger partial charge on any atom is 0.254 e. The molecule has 6 nitrogen and oxygen atoms in total. The summed E-state index contributed by atoms with van der Waals surface area (Å²) in [7, 11) is 0. The molecular weight excluding hydrogens is 296 g/mol. The van der Waals surface area contributed by atoms with Crippen LogP contribution in [-0.2, 0) is 14.3 Å². The van der Waals surface area contributed by atoms with Crippen LogP contribution in [-0.4, -0.2) is 54.8 Å². The molecule has 2 fully saturated rings. The molecule has 23 heavy (non-hydrogen) atoms. The third-order valence-electron chi connectivity index (χ3n) is 4.48. The maximum absolute atomic E-state index is 12.6. The van der Waals surface area contributed by atoms with Gasteiger partial charge in [-0.05, 0) is 25.0 Å². The van der Waals surface area contributed by atoms with Gasteiger partial charge in [0.2, 0.25) is 0 Å². The van der Waals surface area contributed by atoms with Crippen LogP contribution in [0.2, 0.25) is 0 Å². The lowest BCUT2D eigenvalue weighted by Crippen LogP contribution is -2.48. The van der Waals surface area contributed by atoms with Crippen LogP contribution in [0.3, 0.4) is 0 Å². The summed E-state index contributed by atoms with van der Waals surface area (Å²) in [6.07, 6.45) is 1.47. The Morgan fingerprint density at radius 1 is 1.26 bits per heavy atom. The number of ether oxygens (including phenoxy) is 2. The zero-order chi connectivity index (χ0) is 15.6. The fraction of sp³-hybridized carbons (Fsp3) is 0.529. The Bertz CT molecular complexity index is 660. The Kier molecular flexibility index (Phi) is 4.01. The van der Waals surface area contributed by atoms with Gasteiger partial charge in [0.25, 0.3) is 5.91 Å². The van der Waals surface area contributed by atoms with Crippen LogP contribution in [0.25, 0.3) is 11.1 Å². The molecule has 0 radical (unpaired) electrons. The molecule has 2 atom stereocenters. The molecule has 0 bridgehead atoms. The monoisotopic (exact) mass is 316 g/mol. The smallest absolute Gasteiger partial charge is 0.254 e. The molecule has 0 N–H and O–H groups in total. The zero-order valence-corrected chi connectivity index (χ0v) is 12.9. The fourth-order valence-electron chi connectivity index (χ4n) is 3.28. The number of hydrogen-bond donors (Lipinski definition) is 0. The van der Waals surface area contributed by atoms with Gasteiger partial charge < -0.3 is 18.8 Å². The molecule has 2 saturated heterocycles. The molecule has 2 aliphatic rings. The van der Waals surface area contributed by atoms with Gasteiger partial charge in [0, 0.05) is 13.1 Å². The number of piperidine rings is 1. The molecule has 0 spiro atoms. The Morgan fingerprint density at radius 2 is 2.17 bits per heavy atom. The van der Waals surface area contributed by atoms with Crippen molar-refractivity contribution < 1.29 is 18.7 Å². The number of para-hydroxylation sites is 2. The molecule has 2 aromatic rings. The van der Waals surface area contributed by atoms with E-state index in [0.717, 1.165) is 36.4 Å². The first kappa shape index (κ1) is 14.7. The Balaban J connectivity index is 1.48. The molecule has 6 heteroatoms. The van der Waals surface area contributed by atoms with E-state index in [-0.39, 0.29) is 11.8 Å². The highest BCUT2D eigenvalue weighted by molar-refractivity contribution is 5.81. The molecule has 0 saturated carbocycles. The quantitative estimate of drug-likeness (QED) is 0.847. The van der Waals surface area contributed by atoms with E-state index in [1.165, 1.54) is 0 Å². The van der Waals surface area contributed by atoms with Crippen molar-refractivity contribution in [3.05, 3.63) is 30.2 Å². The number of nitrogens with zero attached hydrogens (tertiary/aromatic N) is 2. The number of rotatable bonds is 2. The van der Waals surface area contributed by atoms with E-state index in [4.69, 9.17) is 13.9 Å². The maximum atomic E-state index is 12.6. The second kappa shape index (κ2) is 6.29. The first-order valence-electron chi connectivity index (χ1n) is 8.15. The summed E-state index contributed by atoms with van der Waals surface area (Å²) in [5.74, 6) is 0.889. The number of hydrogen-bond acceptors (Lipinski definition) is 5. The molecule has 0 unspecified atom stereocenters. The standard InChI is InChI=1S/C17H20N2O4/c20-17(15-11-21-8-9-22-15)19-7-3-4-12(10-19)16-18-13-5-1-2-6-14(13)23-16/h1-2,5-6,12,15H,3-4,7-11H2/t12-,15-/m1/s1. The second-order valence-electron chi connectivity index (χ2n) is 6.08. The van der Waals surface area contributed by atoms with Gasteiger partial charge in [0.1, 0.15) is 5.52 Å². The first-order valence-corrected chi connectivity index (χ1v) is 8.15. The highest BCUT2D eigenvalue weighted by Gasteiger charge is 2.33. The minimum Gasteiger partial charge on any atom is -0.440 e. The van der Waals surface area contributed by atoms with Crippen LogP contribution in [0, 0.1) is 0 Å². The summed E-state index contributed by atoms with van der Waals surface area (Å²) in [6.45, 7) is 2.79. The number of oxazole rings is 1. The number of likely N-dealkylation sites (tertiary alicyclic amines) is 1. The molecule has 3 heterocycles. The Hall–Kier alpha value is -1.92. The van der Waals surface area contributed by atoms with Gasteiger partial charge in [-0.25, -0.2) is 4.98 Å². The van der Waals surface area contributed by atoms with Gasteiger partial charge in [-0.15, -0.1) is 0 Å². The van der Waals surface area contributed by atoms with Crippen molar-refractivity contribution in [2.24, 2.45) is 0 Å². The average Bonchev–Trinajstić information content (AvgIpc) is 3.06. The van der Waals surface area contributed by atoms with E-state index in [0.29, 0.717) is 26.4 Å². The predicted octanol–water partition coefficient (Wildman–Crippen LogP) is 1.95. The van der Waals surface area contributed by atoms with E-state index in [2.05, 4.69) is 4.98 Å². The highest BCUT2D eigenvalue weighted by atomic mass is 16.6.